The van der Waals surface area contributed by atoms with Crippen LogP contribution >= 0.6 is 0 Å². The van der Waals surface area contributed by atoms with Crippen LogP contribution in [0.5, 0.6) is 0 Å². The van der Waals surface area contributed by atoms with Gasteiger partial charge < -0.3 is 14.2 Å². The van der Waals surface area contributed by atoms with Crippen LogP contribution in [0.1, 0.15) is 290 Å². The molecule has 75 heavy (non-hydrogen) atoms. The molecule has 6 heteroatoms. The van der Waals surface area contributed by atoms with Crippen LogP contribution in [0, 0.1) is 0 Å². The van der Waals surface area contributed by atoms with Crippen LogP contribution in [0.3, 0.4) is 0 Å². The zero-order valence-electron chi connectivity index (χ0n) is 49.0. The molecule has 6 nitrogen and oxygen atoms in total. The minimum absolute atomic E-state index is 0.0800. The number of esters is 3. The van der Waals surface area contributed by atoms with Gasteiger partial charge >= 0.3 is 17.9 Å². The zero-order chi connectivity index (χ0) is 54.3. The first kappa shape index (κ1) is 71.1. The zero-order valence-corrected chi connectivity index (χ0v) is 49.0. The molecular formula is C69H116O6. The Bertz CT molecular complexity index is 1520. The molecule has 0 bridgehead atoms. The maximum absolute atomic E-state index is 12.8. The minimum Gasteiger partial charge on any atom is -0.462 e. The van der Waals surface area contributed by atoms with E-state index in [4.69, 9.17) is 14.2 Å². The highest BCUT2D eigenvalue weighted by atomic mass is 16.6. The van der Waals surface area contributed by atoms with E-state index in [2.05, 4.69) is 130 Å². The Morgan fingerprint density at radius 2 is 0.520 bits per heavy atom. The number of ether oxygens (including phenoxy) is 3. The molecule has 0 radical (unpaired) electrons. The molecule has 0 aromatic heterocycles. The highest BCUT2D eigenvalue weighted by Crippen LogP contribution is 2.16. The molecule has 0 fully saturated rings. The van der Waals surface area contributed by atoms with Gasteiger partial charge in [0.25, 0.3) is 0 Å². The molecular weight excluding hydrogens is 925 g/mol. The van der Waals surface area contributed by atoms with Crippen molar-refractivity contribution in [2.45, 2.75) is 297 Å². The summed E-state index contributed by atoms with van der Waals surface area (Å²) in [4.78, 5) is 37.9. The fourth-order valence-electron chi connectivity index (χ4n) is 8.64. The smallest absolute Gasteiger partial charge is 0.306 e. The number of rotatable bonds is 56. The molecule has 0 aliphatic rings. The summed E-state index contributed by atoms with van der Waals surface area (Å²) in [6.07, 6.45) is 85.7. The first-order valence-corrected chi connectivity index (χ1v) is 31.4. The summed E-state index contributed by atoms with van der Waals surface area (Å²) in [6, 6.07) is 0. The molecule has 428 valence electrons. The lowest BCUT2D eigenvalue weighted by molar-refractivity contribution is -0.167. The van der Waals surface area contributed by atoms with Crippen molar-refractivity contribution in [3.05, 3.63) is 109 Å². The van der Waals surface area contributed by atoms with E-state index in [1.807, 2.05) is 0 Å². The molecule has 0 aromatic rings. The van der Waals surface area contributed by atoms with Crippen molar-refractivity contribution in [3.8, 4) is 0 Å². The van der Waals surface area contributed by atoms with Gasteiger partial charge in [-0.05, 0) is 103 Å². The maximum Gasteiger partial charge on any atom is 0.306 e. The average molecular weight is 1040 g/mol. The number of hydrogen-bond donors (Lipinski definition) is 0. The average Bonchev–Trinajstić information content (AvgIpc) is 3.41. The van der Waals surface area contributed by atoms with Gasteiger partial charge in [0.2, 0.25) is 0 Å². The van der Waals surface area contributed by atoms with E-state index in [9.17, 15) is 14.4 Å². The molecule has 1 atom stereocenters. The quantitative estimate of drug-likeness (QED) is 0.0261. The van der Waals surface area contributed by atoms with Crippen molar-refractivity contribution in [1.29, 1.82) is 0 Å². The second-order valence-electron chi connectivity index (χ2n) is 20.6. The Kier molecular flexibility index (Phi) is 59.3. The molecule has 0 spiro atoms. The van der Waals surface area contributed by atoms with Gasteiger partial charge in [-0.25, -0.2) is 0 Å². The van der Waals surface area contributed by atoms with Gasteiger partial charge in [-0.1, -0.05) is 278 Å². The van der Waals surface area contributed by atoms with Crippen LogP contribution < -0.4 is 0 Å². The summed E-state index contributed by atoms with van der Waals surface area (Å²) in [5, 5.41) is 0. The third-order valence-electron chi connectivity index (χ3n) is 13.3. The van der Waals surface area contributed by atoms with Crippen LogP contribution in [-0.2, 0) is 28.6 Å². The number of allylic oxidation sites excluding steroid dienone is 18. The summed E-state index contributed by atoms with van der Waals surface area (Å²) < 4.78 is 16.8. The highest BCUT2D eigenvalue weighted by Gasteiger charge is 2.19. The molecule has 0 saturated carbocycles. The van der Waals surface area contributed by atoms with Crippen LogP contribution in [0.4, 0.5) is 0 Å². The fraction of sp³-hybridized carbons (Fsp3) is 0.696. The second kappa shape index (κ2) is 62.6. The van der Waals surface area contributed by atoms with Crippen molar-refractivity contribution in [2.75, 3.05) is 13.2 Å². The van der Waals surface area contributed by atoms with Crippen molar-refractivity contribution in [1.82, 2.24) is 0 Å². The highest BCUT2D eigenvalue weighted by molar-refractivity contribution is 5.71. The summed E-state index contributed by atoms with van der Waals surface area (Å²) in [6.45, 7) is 6.34. The van der Waals surface area contributed by atoms with Crippen molar-refractivity contribution in [2.24, 2.45) is 0 Å². The van der Waals surface area contributed by atoms with E-state index in [-0.39, 0.29) is 31.1 Å². The third kappa shape index (κ3) is 60.8. The van der Waals surface area contributed by atoms with E-state index < -0.39 is 6.10 Å². The Hall–Kier alpha value is -3.93. The Labute approximate surface area is 463 Å². The molecule has 0 heterocycles. The Balaban J connectivity index is 4.06. The number of carbonyl (C=O) groups excluding carboxylic acids is 3. The summed E-state index contributed by atoms with van der Waals surface area (Å²) >= 11 is 0. The van der Waals surface area contributed by atoms with Crippen molar-refractivity contribution in [3.63, 3.8) is 0 Å². The van der Waals surface area contributed by atoms with Crippen molar-refractivity contribution < 1.29 is 28.6 Å². The standard InChI is InChI=1S/C69H116O6/c1-4-7-10-13-15-17-19-21-23-25-27-29-31-33-34-36-37-39-41-43-45-47-49-51-53-56-59-62-68(71)74-65-66(64-73-67(70)61-58-55-12-9-6-3)75-69(72)63-60-57-54-52-50-48-46-44-42-40-38-35-32-30-28-26-24-22-20-18-16-14-11-8-5-2/h7-8,10-11,15-18,21-24,27-30,35,38,66H,4-6,9,12-14,19-20,25-26,31-34,36-37,39-65H2,1-3H3/b10-7-,11-8-,17-15-,18-16-,23-21-,24-22-,29-27-,30-28-,38-35-. The van der Waals surface area contributed by atoms with Gasteiger partial charge in [0.15, 0.2) is 6.10 Å². The summed E-state index contributed by atoms with van der Waals surface area (Å²) in [5.74, 6) is -0.895. The Morgan fingerprint density at radius 3 is 0.813 bits per heavy atom. The van der Waals surface area contributed by atoms with Gasteiger partial charge in [0.1, 0.15) is 13.2 Å². The van der Waals surface area contributed by atoms with Crippen LogP contribution in [-0.4, -0.2) is 37.2 Å². The third-order valence-corrected chi connectivity index (χ3v) is 13.3. The lowest BCUT2D eigenvalue weighted by Gasteiger charge is -2.18. The molecule has 0 amide bonds. The molecule has 0 aliphatic heterocycles. The maximum atomic E-state index is 12.8. The van der Waals surface area contributed by atoms with Gasteiger partial charge in [-0.2, -0.15) is 0 Å². The number of hydrogen-bond acceptors (Lipinski definition) is 6. The number of unbranched alkanes of at least 4 members (excludes halogenated alkanes) is 27. The summed E-state index contributed by atoms with van der Waals surface area (Å²) in [5.41, 5.74) is 0. The SMILES string of the molecule is CC/C=C\C/C=C\C/C=C\C/C=C\C/C=C\CCCCCCCCCCCC(=O)OC(COC(=O)CCCCCCC)COC(=O)CCCCCCCCCCCCCCCC/C=C\C/C=C\C/C=C\C/C=C\CC. The van der Waals surface area contributed by atoms with E-state index in [1.54, 1.807) is 0 Å². The van der Waals surface area contributed by atoms with E-state index in [0.29, 0.717) is 19.3 Å². The first-order valence-electron chi connectivity index (χ1n) is 31.4. The van der Waals surface area contributed by atoms with Gasteiger partial charge in [-0.3, -0.25) is 14.4 Å². The van der Waals surface area contributed by atoms with E-state index >= 15 is 0 Å². The lowest BCUT2D eigenvalue weighted by Crippen LogP contribution is -2.30. The van der Waals surface area contributed by atoms with Gasteiger partial charge in [0, 0.05) is 19.3 Å². The van der Waals surface area contributed by atoms with Crippen LogP contribution in [0.25, 0.3) is 0 Å². The van der Waals surface area contributed by atoms with E-state index in [0.717, 1.165) is 128 Å². The molecule has 0 saturated heterocycles. The predicted octanol–water partition coefficient (Wildman–Crippen LogP) is 21.4. The van der Waals surface area contributed by atoms with Crippen LogP contribution in [0.15, 0.2) is 109 Å². The lowest BCUT2D eigenvalue weighted by atomic mass is 10.0. The minimum atomic E-state index is -0.779. The monoisotopic (exact) mass is 1040 g/mol. The number of carbonyl (C=O) groups is 3. The van der Waals surface area contributed by atoms with Crippen molar-refractivity contribution >= 4 is 17.9 Å². The summed E-state index contributed by atoms with van der Waals surface area (Å²) in [7, 11) is 0. The van der Waals surface area contributed by atoms with E-state index in [1.165, 1.54) is 122 Å². The Morgan fingerprint density at radius 1 is 0.280 bits per heavy atom. The predicted molar refractivity (Wildman–Crippen MR) is 325 cm³/mol. The van der Waals surface area contributed by atoms with Gasteiger partial charge in [-0.15, -0.1) is 0 Å². The first-order chi connectivity index (χ1) is 37.0. The molecule has 0 aromatic carbocycles. The molecule has 1 unspecified atom stereocenters. The second-order valence-corrected chi connectivity index (χ2v) is 20.6. The fourth-order valence-corrected chi connectivity index (χ4v) is 8.64. The molecule has 0 rings (SSSR count). The normalized spacial score (nSPS) is 12.8. The largest absolute Gasteiger partial charge is 0.462 e. The topological polar surface area (TPSA) is 78.9 Å². The molecule has 0 aliphatic carbocycles. The van der Waals surface area contributed by atoms with Crippen LogP contribution in [0.2, 0.25) is 0 Å². The molecule has 0 N–H and O–H groups in total. The van der Waals surface area contributed by atoms with Gasteiger partial charge in [0.05, 0.1) is 0 Å².